The highest BCUT2D eigenvalue weighted by Crippen LogP contribution is 2.14. The van der Waals surface area contributed by atoms with Crippen molar-refractivity contribution in [1.82, 2.24) is 9.55 Å². The molecule has 3 nitrogen and oxygen atoms in total. The van der Waals surface area contributed by atoms with Crippen LogP contribution in [0.4, 0.5) is 0 Å². The van der Waals surface area contributed by atoms with Crippen molar-refractivity contribution >= 4 is 28.8 Å². The van der Waals surface area contributed by atoms with Crippen LogP contribution in [0, 0.1) is 0 Å². The zero-order chi connectivity index (χ0) is 16.9. The summed E-state index contributed by atoms with van der Waals surface area (Å²) in [7, 11) is 0. The first kappa shape index (κ1) is 16.7. The van der Waals surface area contributed by atoms with Gasteiger partial charge in [-0.1, -0.05) is 60.2 Å². The molecule has 3 rings (SSSR count). The number of nitrogens with zero attached hydrogens (tertiary/aromatic N) is 2. The summed E-state index contributed by atoms with van der Waals surface area (Å²) in [6.07, 6.45) is 5.61. The van der Waals surface area contributed by atoms with E-state index in [-0.39, 0.29) is 0 Å². The van der Waals surface area contributed by atoms with Gasteiger partial charge in [-0.2, -0.15) is 0 Å². The zero-order valence-electron chi connectivity index (χ0n) is 13.2. The summed E-state index contributed by atoms with van der Waals surface area (Å²) in [4.78, 5) is 4.92. The van der Waals surface area contributed by atoms with Crippen LogP contribution >= 0.6 is 23.8 Å². The molecule has 0 spiro atoms. The number of benzene rings is 2. The van der Waals surface area contributed by atoms with Crippen molar-refractivity contribution in [3.05, 3.63) is 88.5 Å². The van der Waals surface area contributed by atoms with Gasteiger partial charge < -0.3 is 10.3 Å². The van der Waals surface area contributed by atoms with Gasteiger partial charge in [-0.3, -0.25) is 0 Å². The number of rotatable bonds is 6. The normalized spacial score (nSPS) is 10.7. The Balaban J connectivity index is 1.74. The van der Waals surface area contributed by atoms with Crippen LogP contribution < -0.4 is 5.73 Å². The molecule has 0 unspecified atom stereocenters. The number of halogens is 1. The molecule has 1 aromatic heterocycles. The van der Waals surface area contributed by atoms with Crippen molar-refractivity contribution in [3.63, 3.8) is 0 Å². The Kier molecular flexibility index (Phi) is 5.28. The fourth-order valence-corrected chi connectivity index (χ4v) is 3.03. The van der Waals surface area contributed by atoms with E-state index in [2.05, 4.69) is 27.8 Å². The lowest BCUT2D eigenvalue weighted by Crippen LogP contribution is -2.14. The molecule has 1 heterocycles. The van der Waals surface area contributed by atoms with E-state index in [4.69, 9.17) is 29.6 Å². The molecule has 0 atom stereocenters. The summed E-state index contributed by atoms with van der Waals surface area (Å²) in [5.74, 6) is 1.04. The molecule has 3 aromatic rings. The molecular formula is C19H18ClN3S. The van der Waals surface area contributed by atoms with Crippen molar-refractivity contribution < 1.29 is 0 Å². The predicted octanol–water partition coefficient (Wildman–Crippen LogP) is 4.00. The number of thiocarbonyl (C=S) groups is 1. The van der Waals surface area contributed by atoms with Crippen LogP contribution in [0.5, 0.6) is 0 Å². The summed E-state index contributed by atoms with van der Waals surface area (Å²) in [5.41, 5.74) is 9.10. The maximum atomic E-state index is 5.93. The van der Waals surface area contributed by atoms with E-state index in [1.54, 1.807) is 0 Å². The smallest absolute Gasteiger partial charge is 0.109 e. The first-order chi connectivity index (χ1) is 11.6. The molecule has 0 aliphatic heterocycles. The Hall–Kier alpha value is -2.17. The minimum atomic E-state index is 0.424. The van der Waals surface area contributed by atoms with Gasteiger partial charge in [0.25, 0.3) is 0 Å². The molecule has 0 amide bonds. The average Bonchev–Trinajstić information content (AvgIpc) is 3.02. The van der Waals surface area contributed by atoms with Crippen LogP contribution in [0.3, 0.4) is 0 Å². The largest absolute Gasteiger partial charge is 0.389 e. The molecule has 0 aliphatic rings. The van der Waals surface area contributed by atoms with Crippen molar-refractivity contribution in [1.29, 1.82) is 0 Å². The number of imidazole rings is 1. The molecule has 2 N–H and O–H groups in total. The van der Waals surface area contributed by atoms with Crippen molar-refractivity contribution in [2.24, 2.45) is 5.73 Å². The molecule has 0 radical (unpaired) electrons. The molecule has 24 heavy (non-hydrogen) atoms. The molecular weight excluding hydrogens is 338 g/mol. The first-order valence-electron chi connectivity index (χ1n) is 7.75. The van der Waals surface area contributed by atoms with Crippen LogP contribution in [-0.2, 0) is 19.4 Å². The molecule has 122 valence electrons. The number of hydrogen-bond acceptors (Lipinski definition) is 2. The average molecular weight is 356 g/mol. The van der Waals surface area contributed by atoms with E-state index < -0.39 is 0 Å². The highest BCUT2D eigenvalue weighted by Gasteiger charge is 2.08. The molecule has 0 saturated carbocycles. The van der Waals surface area contributed by atoms with Gasteiger partial charge in [0.2, 0.25) is 0 Å². The van der Waals surface area contributed by atoms with Gasteiger partial charge in [-0.25, -0.2) is 4.98 Å². The Morgan fingerprint density at radius 3 is 2.58 bits per heavy atom. The van der Waals surface area contributed by atoms with Crippen LogP contribution in [0.15, 0.2) is 60.9 Å². The van der Waals surface area contributed by atoms with E-state index in [9.17, 15) is 0 Å². The third-order valence-electron chi connectivity index (χ3n) is 3.98. The second-order valence-electron chi connectivity index (χ2n) is 5.62. The molecule has 0 saturated heterocycles. The van der Waals surface area contributed by atoms with Gasteiger partial charge in [0.05, 0.1) is 0 Å². The molecule has 0 aliphatic carbocycles. The van der Waals surface area contributed by atoms with Gasteiger partial charge in [-0.05, 0) is 29.7 Å². The van der Waals surface area contributed by atoms with Gasteiger partial charge in [0, 0.05) is 35.9 Å². The summed E-state index contributed by atoms with van der Waals surface area (Å²) < 4.78 is 2.15. The standard InChI is InChI=1S/C19H18ClN3S/c20-16-8-5-14(6-9-16)7-10-18-22-11-12-23(18)13-15-3-1-2-4-17(15)19(21)24/h1-6,8-9,11-12H,7,10,13H2,(H2,21,24). The minimum Gasteiger partial charge on any atom is -0.389 e. The fraction of sp³-hybridized carbons (Fsp3) is 0.158. The predicted molar refractivity (Wildman–Crippen MR) is 103 cm³/mol. The van der Waals surface area contributed by atoms with Crippen LogP contribution in [0.25, 0.3) is 0 Å². The lowest BCUT2D eigenvalue weighted by Gasteiger charge is -2.11. The van der Waals surface area contributed by atoms with Gasteiger partial charge in [-0.15, -0.1) is 0 Å². The highest BCUT2D eigenvalue weighted by molar-refractivity contribution is 7.80. The van der Waals surface area contributed by atoms with Crippen LogP contribution in [0.1, 0.15) is 22.5 Å². The van der Waals surface area contributed by atoms with E-state index >= 15 is 0 Å². The third kappa shape index (κ3) is 4.02. The highest BCUT2D eigenvalue weighted by atomic mass is 35.5. The first-order valence-corrected chi connectivity index (χ1v) is 8.54. The lowest BCUT2D eigenvalue weighted by atomic mass is 10.1. The molecule has 0 fully saturated rings. The monoisotopic (exact) mass is 355 g/mol. The number of nitrogens with two attached hydrogens (primary N) is 1. The number of aromatic nitrogens is 2. The Bertz CT molecular complexity index is 840. The summed E-state index contributed by atoms with van der Waals surface area (Å²) in [6, 6.07) is 15.9. The fourth-order valence-electron chi connectivity index (χ4n) is 2.70. The Morgan fingerprint density at radius 1 is 1.08 bits per heavy atom. The van der Waals surface area contributed by atoms with Gasteiger partial charge in [0.15, 0.2) is 0 Å². The lowest BCUT2D eigenvalue weighted by molar-refractivity contribution is 0.711. The SMILES string of the molecule is NC(=S)c1ccccc1Cn1ccnc1CCc1ccc(Cl)cc1. The number of hydrogen-bond donors (Lipinski definition) is 1. The van der Waals surface area contributed by atoms with Crippen LogP contribution in [0.2, 0.25) is 5.02 Å². The van der Waals surface area contributed by atoms with E-state index in [1.165, 1.54) is 5.56 Å². The maximum absolute atomic E-state index is 5.93. The second kappa shape index (κ2) is 7.60. The van der Waals surface area contributed by atoms with Gasteiger partial charge >= 0.3 is 0 Å². The van der Waals surface area contributed by atoms with E-state index in [0.717, 1.165) is 34.8 Å². The van der Waals surface area contributed by atoms with E-state index in [0.29, 0.717) is 11.5 Å². The topological polar surface area (TPSA) is 43.8 Å². The molecule has 0 bridgehead atoms. The van der Waals surface area contributed by atoms with Gasteiger partial charge in [0.1, 0.15) is 10.8 Å². The molecule has 5 heteroatoms. The van der Waals surface area contributed by atoms with Crippen molar-refractivity contribution in [3.8, 4) is 0 Å². The second-order valence-corrected chi connectivity index (χ2v) is 6.50. The third-order valence-corrected chi connectivity index (χ3v) is 4.45. The van der Waals surface area contributed by atoms with Crippen molar-refractivity contribution in [2.45, 2.75) is 19.4 Å². The van der Waals surface area contributed by atoms with Crippen LogP contribution in [-0.4, -0.2) is 14.5 Å². The quantitative estimate of drug-likeness (QED) is 0.679. The minimum absolute atomic E-state index is 0.424. The summed E-state index contributed by atoms with van der Waals surface area (Å²) in [5, 5.41) is 0.759. The summed E-state index contributed by atoms with van der Waals surface area (Å²) in [6.45, 7) is 0.712. The zero-order valence-corrected chi connectivity index (χ0v) is 14.7. The van der Waals surface area contributed by atoms with Crippen molar-refractivity contribution in [2.75, 3.05) is 0 Å². The maximum Gasteiger partial charge on any atom is 0.109 e. The Labute approximate surface area is 152 Å². The van der Waals surface area contributed by atoms with E-state index in [1.807, 2.05) is 42.7 Å². The molecule has 2 aromatic carbocycles. The number of aryl methyl sites for hydroxylation is 2. The summed E-state index contributed by atoms with van der Waals surface area (Å²) >= 11 is 11.1. The Morgan fingerprint density at radius 2 is 1.83 bits per heavy atom.